The summed E-state index contributed by atoms with van der Waals surface area (Å²) in [5.74, 6) is 0. The lowest BCUT2D eigenvalue weighted by atomic mass is 9.95. The van der Waals surface area contributed by atoms with Gasteiger partial charge in [0.05, 0.1) is 19.3 Å². The highest BCUT2D eigenvalue weighted by molar-refractivity contribution is 5.65. The highest BCUT2D eigenvalue weighted by atomic mass is 16.6. The molecule has 1 aliphatic heterocycles. The van der Waals surface area contributed by atoms with Gasteiger partial charge in [0.25, 0.3) is 5.56 Å². The van der Waals surface area contributed by atoms with Crippen molar-refractivity contribution in [3.63, 3.8) is 0 Å². The van der Waals surface area contributed by atoms with Gasteiger partial charge >= 0.3 is 5.69 Å². The van der Waals surface area contributed by atoms with Crippen molar-refractivity contribution in [2.75, 3.05) is 26.9 Å². The summed E-state index contributed by atoms with van der Waals surface area (Å²) in [5, 5.41) is 3.18. The highest BCUT2D eigenvalue weighted by Gasteiger charge is 2.57. The molecule has 0 bridgehead atoms. The average Bonchev–Trinajstić information content (AvgIpc) is 3.24. The standard InChI is InChI=1S/C28H41N3O7/c1-5-7-14-35-19-28(18-32)24(37-15-8-6-2)23(29-4)26(38-28)30-16-21(3)25(33)31(27(30)34)20-36-17-22-12-10-9-11-13-22/h9-13,16,18,23-24,26,29H,5-8,14-15,17,19-20H2,1-4H3/t23-,24+,26?,28+/m0/s1. The average molecular weight is 532 g/mol. The van der Waals surface area contributed by atoms with Crippen LogP contribution in [0.5, 0.6) is 0 Å². The monoisotopic (exact) mass is 531 g/mol. The Hall–Kier alpha value is -2.63. The molecule has 0 spiro atoms. The van der Waals surface area contributed by atoms with Crippen molar-refractivity contribution in [1.82, 2.24) is 14.5 Å². The second-order valence-corrected chi connectivity index (χ2v) is 9.65. The minimum atomic E-state index is -1.42. The van der Waals surface area contributed by atoms with E-state index < -0.39 is 35.2 Å². The molecule has 4 atom stereocenters. The zero-order valence-corrected chi connectivity index (χ0v) is 22.9. The van der Waals surface area contributed by atoms with E-state index >= 15 is 0 Å². The smallest absolute Gasteiger partial charge is 0.335 e. The molecule has 1 unspecified atom stereocenters. The second-order valence-electron chi connectivity index (χ2n) is 9.65. The number of nitrogens with one attached hydrogen (secondary N) is 1. The summed E-state index contributed by atoms with van der Waals surface area (Å²) in [7, 11) is 1.73. The van der Waals surface area contributed by atoms with Crippen molar-refractivity contribution in [3.05, 3.63) is 68.5 Å². The molecule has 0 aliphatic carbocycles. The molecule has 10 nitrogen and oxygen atoms in total. The summed E-state index contributed by atoms with van der Waals surface area (Å²) in [6.07, 6.45) is 4.11. The van der Waals surface area contributed by atoms with E-state index in [1.165, 1.54) is 10.8 Å². The first kappa shape index (κ1) is 29.9. The van der Waals surface area contributed by atoms with E-state index in [0.717, 1.165) is 42.1 Å². The van der Waals surface area contributed by atoms with E-state index in [1.807, 2.05) is 30.3 Å². The Bertz CT molecular complexity index is 1130. The predicted octanol–water partition coefficient (Wildman–Crippen LogP) is 2.55. The maximum atomic E-state index is 13.6. The first-order valence-electron chi connectivity index (χ1n) is 13.4. The molecular weight excluding hydrogens is 490 g/mol. The molecule has 210 valence electrons. The van der Waals surface area contributed by atoms with Crippen molar-refractivity contribution < 1.29 is 23.7 Å². The van der Waals surface area contributed by atoms with Crippen molar-refractivity contribution in [2.24, 2.45) is 0 Å². The van der Waals surface area contributed by atoms with E-state index in [9.17, 15) is 14.4 Å². The van der Waals surface area contributed by atoms with Crippen LogP contribution >= 0.6 is 0 Å². The van der Waals surface area contributed by atoms with Gasteiger partial charge in [-0.25, -0.2) is 9.36 Å². The van der Waals surface area contributed by atoms with Crippen LogP contribution in [0.2, 0.25) is 0 Å². The lowest BCUT2D eigenvalue weighted by molar-refractivity contribution is -0.162. The van der Waals surface area contributed by atoms with Gasteiger partial charge in [-0.15, -0.1) is 0 Å². The number of likely N-dealkylation sites (N-methyl/N-ethyl adjacent to an activating group) is 1. The number of aromatic nitrogens is 2. The van der Waals surface area contributed by atoms with Crippen LogP contribution in [0.15, 0.2) is 46.1 Å². The van der Waals surface area contributed by atoms with Gasteiger partial charge in [-0.05, 0) is 32.4 Å². The number of hydrogen-bond donors (Lipinski definition) is 1. The summed E-state index contributed by atoms with van der Waals surface area (Å²) in [5.41, 5.74) is -1.19. The largest absolute Gasteiger partial charge is 0.378 e. The topological polar surface area (TPSA) is 110 Å². The first-order chi connectivity index (χ1) is 18.4. The summed E-state index contributed by atoms with van der Waals surface area (Å²) in [6.45, 7) is 6.67. The van der Waals surface area contributed by atoms with Crippen molar-refractivity contribution >= 4 is 6.29 Å². The minimum Gasteiger partial charge on any atom is -0.378 e. The Balaban J connectivity index is 1.93. The molecule has 0 saturated carbocycles. The number of ether oxygens (including phenoxy) is 4. The lowest BCUT2D eigenvalue weighted by Gasteiger charge is -2.30. The Morgan fingerprint density at radius 1 is 1.08 bits per heavy atom. The van der Waals surface area contributed by atoms with E-state index in [4.69, 9.17) is 18.9 Å². The van der Waals surface area contributed by atoms with Crippen LogP contribution in [-0.2, 0) is 37.1 Å². The summed E-state index contributed by atoms with van der Waals surface area (Å²) in [4.78, 5) is 39.0. The van der Waals surface area contributed by atoms with Crippen molar-refractivity contribution in [2.45, 2.75) is 83.8 Å². The fraction of sp³-hybridized carbons (Fsp3) is 0.607. The van der Waals surface area contributed by atoms with Crippen molar-refractivity contribution in [3.8, 4) is 0 Å². The molecule has 38 heavy (non-hydrogen) atoms. The lowest BCUT2D eigenvalue weighted by Crippen LogP contribution is -2.53. The van der Waals surface area contributed by atoms with E-state index in [1.54, 1.807) is 14.0 Å². The number of carbonyl (C=O) groups is 1. The number of aldehydes is 1. The SMILES string of the molecule is CCCCOC[C@@]1(C=O)OC(n2cc(C)c(=O)n(COCc3ccccc3)c2=O)[C@@H](NC)[C@H]1OCCCC. The fourth-order valence-corrected chi connectivity index (χ4v) is 4.55. The Morgan fingerprint density at radius 3 is 2.45 bits per heavy atom. The van der Waals surface area contributed by atoms with E-state index in [0.29, 0.717) is 18.8 Å². The summed E-state index contributed by atoms with van der Waals surface area (Å²) in [6, 6.07) is 8.94. The quantitative estimate of drug-likeness (QED) is 0.260. The third-order valence-corrected chi connectivity index (χ3v) is 6.73. The number of hydrogen-bond acceptors (Lipinski definition) is 8. The molecule has 1 aliphatic rings. The van der Waals surface area contributed by atoms with Crippen LogP contribution in [0.25, 0.3) is 0 Å². The highest BCUT2D eigenvalue weighted by Crippen LogP contribution is 2.38. The van der Waals surface area contributed by atoms with E-state index in [2.05, 4.69) is 19.2 Å². The Morgan fingerprint density at radius 2 is 1.79 bits per heavy atom. The fourth-order valence-electron chi connectivity index (χ4n) is 4.55. The Labute approximate surface area is 223 Å². The number of nitrogens with zero attached hydrogens (tertiary/aromatic N) is 2. The van der Waals surface area contributed by atoms with Gasteiger partial charge in [0.2, 0.25) is 0 Å². The molecule has 1 N–H and O–H groups in total. The number of carbonyl (C=O) groups excluding carboxylic acids is 1. The van der Waals surface area contributed by atoms with Gasteiger partial charge in [-0.2, -0.15) is 0 Å². The maximum absolute atomic E-state index is 13.6. The van der Waals surface area contributed by atoms with E-state index in [-0.39, 0.29) is 19.9 Å². The van der Waals surface area contributed by atoms with Gasteiger partial charge in [0.1, 0.15) is 12.8 Å². The zero-order valence-electron chi connectivity index (χ0n) is 22.9. The molecule has 2 aromatic rings. The normalized spacial score (nSPS) is 23.1. The predicted molar refractivity (Wildman–Crippen MR) is 143 cm³/mol. The van der Waals surface area contributed by atoms with Gasteiger partial charge in [0.15, 0.2) is 18.1 Å². The van der Waals surface area contributed by atoms with Crippen LogP contribution in [0.4, 0.5) is 0 Å². The third-order valence-electron chi connectivity index (χ3n) is 6.73. The molecule has 3 rings (SSSR count). The first-order valence-corrected chi connectivity index (χ1v) is 13.4. The molecule has 1 fully saturated rings. The number of rotatable bonds is 16. The number of benzene rings is 1. The molecule has 1 saturated heterocycles. The van der Waals surface area contributed by atoms with Crippen LogP contribution in [0.1, 0.15) is 56.9 Å². The molecule has 2 heterocycles. The molecular formula is C28H41N3O7. The van der Waals surface area contributed by atoms with Crippen molar-refractivity contribution in [1.29, 1.82) is 0 Å². The molecule has 1 aromatic carbocycles. The maximum Gasteiger partial charge on any atom is 0.335 e. The molecule has 0 amide bonds. The van der Waals surface area contributed by atoms with Gasteiger partial charge < -0.3 is 24.3 Å². The minimum absolute atomic E-state index is 0.00443. The van der Waals surface area contributed by atoms with Crippen LogP contribution in [0.3, 0.4) is 0 Å². The zero-order chi connectivity index (χ0) is 27.5. The molecule has 10 heteroatoms. The van der Waals surface area contributed by atoms with Gasteiger partial charge in [-0.1, -0.05) is 57.0 Å². The molecule has 1 aromatic heterocycles. The Kier molecular flexibility index (Phi) is 11.4. The van der Waals surface area contributed by atoms with Gasteiger partial charge in [0, 0.05) is 25.0 Å². The second kappa shape index (κ2) is 14.5. The summed E-state index contributed by atoms with van der Waals surface area (Å²) >= 11 is 0. The van der Waals surface area contributed by atoms with Crippen LogP contribution in [0, 0.1) is 6.92 Å². The van der Waals surface area contributed by atoms with Gasteiger partial charge in [-0.3, -0.25) is 14.2 Å². The van der Waals surface area contributed by atoms with Crippen LogP contribution < -0.4 is 16.6 Å². The van der Waals surface area contributed by atoms with Crippen LogP contribution in [-0.4, -0.2) is 60.0 Å². The summed E-state index contributed by atoms with van der Waals surface area (Å²) < 4.78 is 26.5. The third kappa shape index (κ3) is 6.86. The number of unbranched alkanes of at least 4 members (excludes halogenated alkanes) is 2. The molecule has 0 radical (unpaired) electrons. The number of aryl methyl sites for hydroxylation is 1.